The molecule has 428 valence electrons. The number of pyridine rings is 2. The number of carbonyl (C=O) groups excluding carboxylic acids is 6. The molecule has 0 radical (unpaired) electrons. The SMILES string of the molecule is CC(C)(C(N)=O)[C@@H]1c2ccc(-c3ccc(C(=O)N4CCOCC4)cc3)nc2Oc2c(F)cccc21.CC(C)N=C=O.CC(C)NC(=O)NC(=O)C(C)(C)[C@@H]1c2ccc(-c3ccc(C(=O)N4CCOCC4)cc3)nc2Oc2c(F)cccc21. The lowest BCUT2D eigenvalue weighted by Gasteiger charge is -2.37. The lowest BCUT2D eigenvalue weighted by molar-refractivity contribution is -0.129. The number of benzene rings is 4. The highest BCUT2D eigenvalue weighted by Crippen LogP contribution is 2.54. The van der Waals surface area contributed by atoms with E-state index in [2.05, 4.69) is 20.6 Å². The third kappa shape index (κ3) is 13.0. The molecule has 0 spiro atoms. The highest BCUT2D eigenvalue weighted by atomic mass is 19.1. The molecule has 6 amide bonds. The number of urea groups is 1. The number of para-hydroxylation sites is 2. The number of nitrogens with one attached hydrogen (secondary N) is 2. The standard InChI is InChI=1S/C31H33FN4O5.C27H26FN3O4.C4H7NO/c1-18(2)33-30(39)35-29(38)31(3,4)25-21-6-5-7-23(32)26(21)41-27-22(25)12-13-24(34-27)19-8-10-20(11-9-19)28(37)36-14-16-40-17-15-36;1-27(2,26(29)33)22-18-4-3-5-20(28)23(18)35-24-19(22)10-11-21(30-24)16-6-8-17(9-7-16)25(32)31-12-14-34-15-13-31;1-4(2)5-3-6/h5-13,18,25H,14-17H2,1-4H3,(H2,33,35,38,39);3-11,22H,12-15H2,1-2H3,(H2,29,33);4H,1-2H3/t25-;22-;/m00./s1. The maximum Gasteiger partial charge on any atom is 0.321 e. The maximum absolute atomic E-state index is 15.0. The van der Waals surface area contributed by atoms with Gasteiger partial charge in [-0.1, -0.05) is 88.4 Å². The van der Waals surface area contributed by atoms with Crippen molar-refractivity contribution >= 4 is 35.7 Å². The smallest absolute Gasteiger partial charge is 0.321 e. The number of isocyanates is 1. The molecule has 0 unspecified atom stereocenters. The molecule has 82 heavy (non-hydrogen) atoms. The number of rotatable bonds is 10. The van der Waals surface area contributed by atoms with Gasteiger partial charge in [0, 0.05) is 88.6 Å². The van der Waals surface area contributed by atoms with Crippen LogP contribution in [-0.4, -0.2) is 120 Å². The summed E-state index contributed by atoms with van der Waals surface area (Å²) in [5.74, 6) is -2.96. The maximum atomic E-state index is 15.0. The van der Waals surface area contributed by atoms with Crippen LogP contribution in [0.1, 0.15) is 110 Å². The molecule has 10 rings (SSSR count). The molecule has 0 saturated carbocycles. The zero-order valence-electron chi connectivity index (χ0n) is 47.0. The Morgan fingerprint density at radius 1 is 0.610 bits per heavy atom. The molecule has 4 N–H and O–H groups in total. The van der Waals surface area contributed by atoms with E-state index in [0.29, 0.717) is 97.4 Å². The van der Waals surface area contributed by atoms with Crippen LogP contribution in [0, 0.1) is 22.5 Å². The molecular formula is C62H66F2N8O10. The van der Waals surface area contributed by atoms with Crippen LogP contribution < -0.4 is 25.8 Å². The molecule has 2 fully saturated rings. The summed E-state index contributed by atoms with van der Waals surface area (Å²) in [7, 11) is 0. The Morgan fingerprint density at radius 3 is 1.39 bits per heavy atom. The minimum atomic E-state index is -1.18. The zero-order chi connectivity index (χ0) is 59.0. The molecular weight excluding hydrogens is 1050 g/mol. The quantitative estimate of drug-likeness (QED) is 0.0859. The van der Waals surface area contributed by atoms with Gasteiger partial charge in [0.05, 0.1) is 54.7 Å². The second-order valence-corrected chi connectivity index (χ2v) is 21.7. The van der Waals surface area contributed by atoms with Crippen molar-refractivity contribution in [3.05, 3.63) is 154 Å². The van der Waals surface area contributed by atoms with E-state index < -0.39 is 52.1 Å². The molecule has 20 heteroatoms. The third-order valence-corrected chi connectivity index (χ3v) is 14.5. The van der Waals surface area contributed by atoms with Crippen LogP contribution in [0.15, 0.2) is 114 Å². The highest BCUT2D eigenvalue weighted by molar-refractivity contribution is 5.98. The summed E-state index contributed by atoms with van der Waals surface area (Å²) in [5, 5.41) is 5.07. The average molecular weight is 1120 g/mol. The van der Waals surface area contributed by atoms with Crippen molar-refractivity contribution < 1.29 is 56.5 Å². The van der Waals surface area contributed by atoms with Gasteiger partial charge in [-0.2, -0.15) is 0 Å². The fourth-order valence-electron chi connectivity index (χ4n) is 10.0. The molecule has 0 bridgehead atoms. The minimum Gasteiger partial charge on any atom is -0.435 e. The summed E-state index contributed by atoms with van der Waals surface area (Å²) in [6, 6.07) is 30.1. The van der Waals surface area contributed by atoms with Gasteiger partial charge in [0.2, 0.25) is 29.7 Å². The first-order valence-corrected chi connectivity index (χ1v) is 27.0. The minimum absolute atomic E-state index is 0.00591. The van der Waals surface area contributed by atoms with Crippen molar-refractivity contribution in [3.63, 3.8) is 0 Å². The second-order valence-electron chi connectivity index (χ2n) is 21.7. The summed E-state index contributed by atoms with van der Waals surface area (Å²) in [6.07, 6.45) is 1.44. The molecule has 6 aromatic rings. The van der Waals surface area contributed by atoms with Crippen LogP contribution in [0.4, 0.5) is 13.6 Å². The molecule has 4 aromatic carbocycles. The fourth-order valence-corrected chi connectivity index (χ4v) is 10.0. The van der Waals surface area contributed by atoms with Crippen LogP contribution in [0.2, 0.25) is 0 Å². The van der Waals surface area contributed by atoms with E-state index in [4.69, 9.17) is 29.7 Å². The molecule has 2 saturated heterocycles. The van der Waals surface area contributed by atoms with Gasteiger partial charge in [0.1, 0.15) is 0 Å². The van der Waals surface area contributed by atoms with Crippen LogP contribution in [0.5, 0.6) is 23.3 Å². The third-order valence-electron chi connectivity index (χ3n) is 14.5. The number of aliphatic imine (C=N–C) groups is 1. The van der Waals surface area contributed by atoms with E-state index >= 15 is 4.39 Å². The lowest BCUT2D eigenvalue weighted by atomic mass is 9.69. The largest absolute Gasteiger partial charge is 0.435 e. The van der Waals surface area contributed by atoms with Gasteiger partial charge >= 0.3 is 6.03 Å². The average Bonchev–Trinajstić information content (AvgIpc) is 1.55. The van der Waals surface area contributed by atoms with Crippen LogP contribution in [0.3, 0.4) is 0 Å². The number of morpholine rings is 2. The number of ether oxygens (including phenoxy) is 4. The van der Waals surface area contributed by atoms with Gasteiger partial charge in [-0.05, 0) is 76.2 Å². The Bertz CT molecular complexity index is 3410. The summed E-state index contributed by atoms with van der Waals surface area (Å²) >= 11 is 0. The zero-order valence-corrected chi connectivity index (χ0v) is 47.0. The Morgan fingerprint density at radius 2 is 1.02 bits per heavy atom. The van der Waals surface area contributed by atoms with Crippen LogP contribution in [0.25, 0.3) is 22.5 Å². The number of aromatic nitrogens is 2. The molecule has 4 aliphatic rings. The first-order chi connectivity index (χ1) is 39.1. The number of imide groups is 1. The highest BCUT2D eigenvalue weighted by Gasteiger charge is 2.46. The van der Waals surface area contributed by atoms with E-state index in [9.17, 15) is 33.2 Å². The number of hydrogen-bond acceptors (Lipinski definition) is 13. The number of amides is 6. The molecule has 2 aromatic heterocycles. The number of halogens is 2. The predicted molar refractivity (Wildman–Crippen MR) is 301 cm³/mol. The topological polar surface area (TPSA) is 234 Å². The normalized spacial score (nSPS) is 16.1. The number of nitrogens with two attached hydrogens (primary N) is 1. The molecule has 6 heterocycles. The predicted octanol–water partition coefficient (Wildman–Crippen LogP) is 9.70. The second kappa shape index (κ2) is 25.4. The monoisotopic (exact) mass is 1120 g/mol. The van der Waals surface area contributed by atoms with Crippen molar-refractivity contribution in [2.24, 2.45) is 21.6 Å². The number of nitrogens with zero attached hydrogens (tertiary/aromatic N) is 5. The van der Waals surface area contributed by atoms with E-state index in [1.807, 2.05) is 56.3 Å². The summed E-state index contributed by atoms with van der Waals surface area (Å²) in [5.41, 5.74) is 9.68. The number of hydrogen-bond donors (Lipinski definition) is 3. The Hall–Kier alpha value is -8.71. The number of fused-ring (bicyclic) bond motifs is 4. The van der Waals surface area contributed by atoms with E-state index in [-0.39, 0.29) is 47.2 Å². The van der Waals surface area contributed by atoms with Gasteiger partial charge in [-0.25, -0.2) is 33.3 Å². The van der Waals surface area contributed by atoms with Crippen molar-refractivity contribution in [2.45, 2.75) is 79.3 Å². The van der Waals surface area contributed by atoms with Crippen molar-refractivity contribution in [1.29, 1.82) is 0 Å². The number of carbonyl (C=O) groups is 5. The number of primary amides is 1. The molecule has 0 aliphatic carbocycles. The van der Waals surface area contributed by atoms with E-state index in [1.54, 1.807) is 106 Å². The Balaban J connectivity index is 0.000000197. The Labute approximate surface area is 474 Å². The molecule has 2 atom stereocenters. The summed E-state index contributed by atoms with van der Waals surface area (Å²) in [4.78, 5) is 89.2. The van der Waals surface area contributed by atoms with Gasteiger partial charge in [-0.15, -0.1) is 0 Å². The Kier molecular flexibility index (Phi) is 18.4. The van der Waals surface area contributed by atoms with Crippen molar-refractivity contribution in [2.75, 3.05) is 52.6 Å². The van der Waals surface area contributed by atoms with Crippen LogP contribution in [-0.2, 0) is 23.9 Å². The van der Waals surface area contributed by atoms with Crippen LogP contribution >= 0.6 is 0 Å². The molecule has 18 nitrogen and oxygen atoms in total. The van der Waals surface area contributed by atoms with Gasteiger partial charge in [-0.3, -0.25) is 24.5 Å². The van der Waals surface area contributed by atoms with E-state index in [0.717, 1.165) is 11.1 Å². The molecule has 4 aliphatic heterocycles. The van der Waals surface area contributed by atoms with Crippen molar-refractivity contribution in [1.82, 2.24) is 30.4 Å². The summed E-state index contributed by atoms with van der Waals surface area (Å²) in [6.45, 7) is 18.5. The lowest BCUT2D eigenvalue weighted by Crippen LogP contribution is -2.49. The first kappa shape index (κ1) is 59.4. The first-order valence-electron chi connectivity index (χ1n) is 27.0. The van der Waals surface area contributed by atoms with Crippen molar-refractivity contribution in [3.8, 4) is 45.8 Å². The fraction of sp³-hybridized carbons (Fsp3) is 0.355. The van der Waals surface area contributed by atoms with E-state index in [1.165, 1.54) is 18.2 Å². The van der Waals surface area contributed by atoms with Gasteiger partial charge in [0.15, 0.2) is 23.1 Å². The van der Waals surface area contributed by atoms with Gasteiger partial charge in [0.25, 0.3) is 11.8 Å². The summed E-state index contributed by atoms with van der Waals surface area (Å²) < 4.78 is 52.3. The van der Waals surface area contributed by atoms with Gasteiger partial charge < -0.3 is 39.8 Å².